The Hall–Kier alpha value is -2.14. The number of carboxylic acids is 1. The minimum absolute atomic E-state index is 0.257. The molecule has 5 heteroatoms. The number of sulfone groups is 1. The topological polar surface area (TPSA) is 71.4 Å². The Bertz CT molecular complexity index is 788. The Kier molecular flexibility index (Phi) is 5.78. The van der Waals surface area contributed by atoms with Crippen LogP contribution < -0.4 is 0 Å². The lowest BCUT2D eigenvalue weighted by Crippen LogP contribution is -2.16. The Balaban J connectivity index is 2.10. The number of hydrogen-bond donors (Lipinski definition) is 1. The largest absolute Gasteiger partial charge is 0.480 e. The van der Waals surface area contributed by atoms with Crippen LogP contribution in [0.4, 0.5) is 0 Å². The Morgan fingerprint density at radius 1 is 0.917 bits per heavy atom. The van der Waals surface area contributed by atoms with Gasteiger partial charge in [-0.2, -0.15) is 0 Å². The maximum Gasteiger partial charge on any atom is 0.318 e. The lowest BCUT2D eigenvalue weighted by atomic mass is 9.99. The van der Waals surface area contributed by atoms with Crippen molar-refractivity contribution in [3.8, 4) is 11.1 Å². The van der Waals surface area contributed by atoms with Crippen LogP contribution in [0.2, 0.25) is 0 Å². The molecule has 2 rings (SSSR count). The molecule has 4 nitrogen and oxygen atoms in total. The molecule has 0 saturated heterocycles. The maximum atomic E-state index is 11.7. The van der Waals surface area contributed by atoms with Crippen molar-refractivity contribution in [1.29, 1.82) is 0 Å². The molecular formula is C19H22O4S. The average molecular weight is 346 g/mol. The number of hydrogen-bond acceptors (Lipinski definition) is 3. The highest BCUT2D eigenvalue weighted by molar-refractivity contribution is 7.91. The van der Waals surface area contributed by atoms with E-state index in [1.807, 2.05) is 12.1 Å². The monoisotopic (exact) mass is 346 g/mol. The molecular weight excluding hydrogens is 324 g/mol. The molecule has 2 aromatic rings. The summed E-state index contributed by atoms with van der Waals surface area (Å²) in [6, 6.07) is 15.5. The lowest BCUT2D eigenvalue weighted by Gasteiger charge is -2.08. The van der Waals surface area contributed by atoms with Gasteiger partial charge in [-0.1, -0.05) is 62.4 Å². The molecule has 2 aromatic carbocycles. The second-order valence-corrected chi connectivity index (χ2v) is 8.48. The van der Waals surface area contributed by atoms with Crippen molar-refractivity contribution in [3.05, 3.63) is 59.7 Å². The highest BCUT2D eigenvalue weighted by Gasteiger charge is 2.16. The van der Waals surface area contributed by atoms with E-state index in [2.05, 4.69) is 38.1 Å². The predicted octanol–water partition coefficient (Wildman–Crippen LogP) is 3.55. The highest BCUT2D eigenvalue weighted by atomic mass is 32.2. The van der Waals surface area contributed by atoms with Crippen LogP contribution in [0.1, 0.15) is 25.0 Å². The molecule has 0 spiro atoms. The molecule has 0 heterocycles. The van der Waals surface area contributed by atoms with Crippen LogP contribution in [0.3, 0.4) is 0 Å². The lowest BCUT2D eigenvalue weighted by molar-refractivity contribution is -0.134. The normalized spacial score (nSPS) is 11.6. The quantitative estimate of drug-likeness (QED) is 0.832. The minimum atomic E-state index is -3.63. The first kappa shape index (κ1) is 18.2. The summed E-state index contributed by atoms with van der Waals surface area (Å²) in [6.07, 6.45) is 1.04. The summed E-state index contributed by atoms with van der Waals surface area (Å²) in [5.74, 6) is -1.81. The van der Waals surface area contributed by atoms with Crippen molar-refractivity contribution in [2.24, 2.45) is 5.92 Å². The Labute approximate surface area is 143 Å². The molecule has 1 N–H and O–H groups in total. The highest BCUT2D eigenvalue weighted by Crippen LogP contribution is 2.22. The molecule has 128 valence electrons. The SMILES string of the molecule is CC(C)Cc1ccc(-c2ccc(CS(=O)(=O)CC(=O)O)cc2)cc1. The Morgan fingerprint density at radius 2 is 1.38 bits per heavy atom. The van der Waals surface area contributed by atoms with Gasteiger partial charge in [0.15, 0.2) is 9.84 Å². The van der Waals surface area contributed by atoms with Gasteiger partial charge < -0.3 is 5.11 Å². The number of aliphatic carboxylic acids is 1. The predicted molar refractivity (Wildman–Crippen MR) is 95.5 cm³/mol. The number of carbonyl (C=O) groups is 1. The van der Waals surface area contributed by atoms with Gasteiger partial charge in [0.1, 0.15) is 5.75 Å². The van der Waals surface area contributed by atoms with Crippen molar-refractivity contribution in [2.75, 3.05) is 5.75 Å². The summed E-state index contributed by atoms with van der Waals surface area (Å²) in [5, 5.41) is 8.62. The number of rotatable bonds is 7. The van der Waals surface area contributed by atoms with Gasteiger partial charge in [-0.3, -0.25) is 4.79 Å². The zero-order valence-corrected chi connectivity index (χ0v) is 14.7. The molecule has 24 heavy (non-hydrogen) atoms. The van der Waals surface area contributed by atoms with Gasteiger partial charge in [0.2, 0.25) is 0 Å². The van der Waals surface area contributed by atoms with E-state index in [4.69, 9.17) is 5.11 Å². The summed E-state index contributed by atoms with van der Waals surface area (Å²) < 4.78 is 23.4. The Morgan fingerprint density at radius 3 is 1.79 bits per heavy atom. The van der Waals surface area contributed by atoms with Crippen LogP contribution in [-0.4, -0.2) is 25.2 Å². The second kappa shape index (κ2) is 7.62. The smallest absolute Gasteiger partial charge is 0.318 e. The fourth-order valence-corrected chi connectivity index (χ4v) is 3.77. The van der Waals surface area contributed by atoms with E-state index in [1.165, 1.54) is 5.56 Å². The second-order valence-electron chi connectivity index (χ2n) is 6.42. The van der Waals surface area contributed by atoms with Crippen molar-refractivity contribution < 1.29 is 18.3 Å². The van der Waals surface area contributed by atoms with E-state index in [-0.39, 0.29) is 5.75 Å². The molecule has 0 saturated carbocycles. The van der Waals surface area contributed by atoms with Gasteiger partial charge in [-0.15, -0.1) is 0 Å². The first-order chi connectivity index (χ1) is 11.2. The third kappa shape index (κ3) is 5.49. The van der Waals surface area contributed by atoms with Crippen LogP contribution in [0, 0.1) is 5.92 Å². The van der Waals surface area contributed by atoms with Crippen LogP contribution in [0.25, 0.3) is 11.1 Å². The summed E-state index contributed by atoms with van der Waals surface area (Å²) in [6.45, 7) is 4.37. The third-order valence-corrected chi connectivity index (χ3v) is 5.08. The summed E-state index contributed by atoms with van der Waals surface area (Å²) in [7, 11) is -3.63. The van der Waals surface area contributed by atoms with Crippen molar-refractivity contribution in [3.63, 3.8) is 0 Å². The van der Waals surface area contributed by atoms with Crippen LogP contribution in [0.15, 0.2) is 48.5 Å². The molecule has 0 radical (unpaired) electrons. The molecule has 0 aliphatic rings. The fourth-order valence-electron chi connectivity index (χ4n) is 2.59. The van der Waals surface area contributed by atoms with Gasteiger partial charge in [-0.25, -0.2) is 8.42 Å². The number of carboxylic acid groups (broad SMARTS) is 1. The van der Waals surface area contributed by atoms with E-state index in [0.717, 1.165) is 17.5 Å². The molecule has 0 atom stereocenters. The van der Waals surface area contributed by atoms with Gasteiger partial charge in [-0.05, 0) is 34.6 Å². The first-order valence-corrected chi connectivity index (χ1v) is 9.68. The minimum Gasteiger partial charge on any atom is -0.480 e. The standard InChI is InChI=1S/C19H22O4S/c1-14(2)11-15-3-7-17(8-4-15)18-9-5-16(6-10-18)12-24(22,23)13-19(20)21/h3-10,14H,11-13H2,1-2H3,(H,20,21). The maximum absolute atomic E-state index is 11.7. The first-order valence-electron chi connectivity index (χ1n) is 7.85. The van der Waals surface area contributed by atoms with Crippen LogP contribution in [-0.2, 0) is 26.8 Å². The van der Waals surface area contributed by atoms with E-state index >= 15 is 0 Å². The van der Waals surface area contributed by atoms with Gasteiger partial charge in [0, 0.05) is 0 Å². The van der Waals surface area contributed by atoms with Crippen molar-refractivity contribution >= 4 is 15.8 Å². The van der Waals surface area contributed by atoms with Gasteiger partial charge >= 0.3 is 5.97 Å². The van der Waals surface area contributed by atoms with Crippen molar-refractivity contribution in [2.45, 2.75) is 26.0 Å². The van der Waals surface area contributed by atoms with E-state index in [1.54, 1.807) is 12.1 Å². The molecule has 0 unspecified atom stereocenters. The van der Waals surface area contributed by atoms with Crippen LogP contribution >= 0.6 is 0 Å². The van der Waals surface area contributed by atoms with Crippen molar-refractivity contribution in [1.82, 2.24) is 0 Å². The van der Waals surface area contributed by atoms with E-state index < -0.39 is 21.6 Å². The fraction of sp³-hybridized carbons (Fsp3) is 0.316. The van der Waals surface area contributed by atoms with E-state index in [9.17, 15) is 13.2 Å². The summed E-state index contributed by atoms with van der Waals surface area (Å²) in [4.78, 5) is 10.6. The molecule has 0 fully saturated rings. The molecule has 0 amide bonds. The molecule has 0 aliphatic carbocycles. The average Bonchev–Trinajstić information content (AvgIpc) is 2.46. The summed E-state index contributed by atoms with van der Waals surface area (Å²) >= 11 is 0. The van der Waals surface area contributed by atoms with E-state index in [0.29, 0.717) is 11.5 Å². The molecule has 0 aromatic heterocycles. The van der Waals surface area contributed by atoms with Crippen LogP contribution in [0.5, 0.6) is 0 Å². The molecule has 0 bridgehead atoms. The number of benzene rings is 2. The summed E-state index contributed by atoms with van der Waals surface area (Å²) in [5.41, 5.74) is 3.97. The molecule has 0 aliphatic heterocycles. The van der Waals surface area contributed by atoms with Gasteiger partial charge in [0.25, 0.3) is 0 Å². The zero-order chi connectivity index (χ0) is 17.7. The third-order valence-electron chi connectivity index (χ3n) is 3.62. The zero-order valence-electron chi connectivity index (χ0n) is 13.9. The van der Waals surface area contributed by atoms with Gasteiger partial charge in [0.05, 0.1) is 5.75 Å².